The van der Waals surface area contributed by atoms with Gasteiger partial charge in [0.2, 0.25) is 0 Å². The van der Waals surface area contributed by atoms with Gasteiger partial charge in [0.05, 0.1) is 5.56 Å². The SMILES string of the molecule is O=C(NCC(CCc1ccccc1)c1ccccc1)c1cccnc1. The summed E-state index contributed by atoms with van der Waals surface area (Å²) < 4.78 is 0. The lowest BCUT2D eigenvalue weighted by Crippen LogP contribution is -2.28. The number of hydrogen-bond acceptors (Lipinski definition) is 2. The average Bonchev–Trinajstić information content (AvgIpc) is 2.70. The highest BCUT2D eigenvalue weighted by Crippen LogP contribution is 2.21. The van der Waals surface area contributed by atoms with Gasteiger partial charge in [-0.25, -0.2) is 0 Å². The van der Waals surface area contributed by atoms with E-state index in [1.54, 1.807) is 24.5 Å². The van der Waals surface area contributed by atoms with Gasteiger partial charge in [-0.1, -0.05) is 60.7 Å². The number of carbonyl (C=O) groups is 1. The van der Waals surface area contributed by atoms with Crippen molar-refractivity contribution >= 4 is 5.91 Å². The first-order chi connectivity index (χ1) is 12.3. The Morgan fingerprint density at radius 3 is 2.32 bits per heavy atom. The third kappa shape index (κ3) is 5.01. The molecule has 2 aromatic carbocycles. The summed E-state index contributed by atoms with van der Waals surface area (Å²) in [5.41, 5.74) is 3.17. The monoisotopic (exact) mass is 330 g/mol. The first-order valence-corrected chi connectivity index (χ1v) is 8.60. The third-order valence-electron chi connectivity index (χ3n) is 4.33. The largest absolute Gasteiger partial charge is 0.351 e. The summed E-state index contributed by atoms with van der Waals surface area (Å²) in [6.07, 6.45) is 5.24. The van der Waals surface area contributed by atoms with Crippen molar-refractivity contribution in [3.63, 3.8) is 0 Å². The van der Waals surface area contributed by atoms with E-state index in [2.05, 4.69) is 46.7 Å². The Morgan fingerprint density at radius 2 is 1.64 bits per heavy atom. The number of pyridine rings is 1. The second-order valence-corrected chi connectivity index (χ2v) is 6.08. The quantitative estimate of drug-likeness (QED) is 0.704. The number of hydrogen-bond donors (Lipinski definition) is 1. The molecule has 0 aliphatic heterocycles. The smallest absolute Gasteiger partial charge is 0.252 e. The van der Waals surface area contributed by atoms with Gasteiger partial charge in [0.25, 0.3) is 5.91 Å². The summed E-state index contributed by atoms with van der Waals surface area (Å²) in [7, 11) is 0. The van der Waals surface area contributed by atoms with Crippen LogP contribution in [0.4, 0.5) is 0 Å². The van der Waals surface area contributed by atoms with Crippen LogP contribution in [0.2, 0.25) is 0 Å². The average molecular weight is 330 g/mol. The molecule has 3 aromatic rings. The molecule has 1 N–H and O–H groups in total. The van der Waals surface area contributed by atoms with Crippen molar-refractivity contribution in [1.82, 2.24) is 10.3 Å². The van der Waals surface area contributed by atoms with Crippen LogP contribution in [0, 0.1) is 0 Å². The zero-order chi connectivity index (χ0) is 17.3. The normalized spacial score (nSPS) is 11.7. The lowest BCUT2D eigenvalue weighted by molar-refractivity contribution is 0.0950. The molecule has 1 heterocycles. The van der Waals surface area contributed by atoms with Crippen molar-refractivity contribution < 1.29 is 4.79 Å². The van der Waals surface area contributed by atoms with E-state index in [1.807, 2.05) is 24.3 Å². The van der Waals surface area contributed by atoms with E-state index in [0.29, 0.717) is 12.1 Å². The molecule has 0 fully saturated rings. The van der Waals surface area contributed by atoms with Gasteiger partial charge in [-0.2, -0.15) is 0 Å². The predicted molar refractivity (Wildman–Crippen MR) is 101 cm³/mol. The van der Waals surface area contributed by atoms with Crippen LogP contribution < -0.4 is 5.32 Å². The molecule has 3 rings (SSSR count). The maximum atomic E-state index is 12.3. The van der Waals surface area contributed by atoms with E-state index in [1.165, 1.54) is 11.1 Å². The maximum absolute atomic E-state index is 12.3. The molecule has 1 unspecified atom stereocenters. The highest BCUT2D eigenvalue weighted by Gasteiger charge is 2.14. The van der Waals surface area contributed by atoms with E-state index < -0.39 is 0 Å². The molecule has 0 aliphatic rings. The van der Waals surface area contributed by atoms with Crippen molar-refractivity contribution in [2.45, 2.75) is 18.8 Å². The van der Waals surface area contributed by atoms with Crippen LogP contribution in [-0.4, -0.2) is 17.4 Å². The molecule has 25 heavy (non-hydrogen) atoms. The third-order valence-corrected chi connectivity index (χ3v) is 4.33. The van der Waals surface area contributed by atoms with Crippen molar-refractivity contribution in [2.24, 2.45) is 0 Å². The number of benzene rings is 2. The number of amides is 1. The van der Waals surface area contributed by atoms with Crippen LogP contribution in [0.3, 0.4) is 0 Å². The van der Waals surface area contributed by atoms with Gasteiger partial charge in [0, 0.05) is 24.9 Å². The van der Waals surface area contributed by atoms with Gasteiger partial charge in [-0.05, 0) is 36.1 Å². The van der Waals surface area contributed by atoms with Gasteiger partial charge in [-0.3, -0.25) is 9.78 Å². The summed E-state index contributed by atoms with van der Waals surface area (Å²) in [5, 5.41) is 3.05. The summed E-state index contributed by atoms with van der Waals surface area (Å²) in [4.78, 5) is 16.3. The van der Waals surface area contributed by atoms with E-state index in [-0.39, 0.29) is 11.8 Å². The van der Waals surface area contributed by atoms with Gasteiger partial charge in [0.1, 0.15) is 0 Å². The Labute approximate surface area is 148 Å². The zero-order valence-electron chi connectivity index (χ0n) is 14.1. The standard InChI is InChI=1S/C22H22N2O/c25-22(21-12-7-15-23-16-21)24-17-20(19-10-5-2-6-11-19)14-13-18-8-3-1-4-9-18/h1-12,15-16,20H,13-14,17H2,(H,24,25). The van der Waals surface area contributed by atoms with Crippen LogP contribution in [-0.2, 0) is 6.42 Å². The summed E-state index contributed by atoms with van der Waals surface area (Å²) in [6, 6.07) is 24.4. The lowest BCUT2D eigenvalue weighted by Gasteiger charge is -2.18. The molecular formula is C22H22N2O. The number of carbonyl (C=O) groups excluding carboxylic acids is 1. The van der Waals surface area contributed by atoms with E-state index >= 15 is 0 Å². The van der Waals surface area contributed by atoms with Crippen molar-refractivity contribution in [2.75, 3.05) is 6.54 Å². The minimum absolute atomic E-state index is 0.0752. The molecule has 126 valence electrons. The van der Waals surface area contributed by atoms with Crippen LogP contribution in [0.5, 0.6) is 0 Å². The summed E-state index contributed by atoms with van der Waals surface area (Å²) >= 11 is 0. The van der Waals surface area contributed by atoms with Gasteiger partial charge in [0.15, 0.2) is 0 Å². The summed E-state index contributed by atoms with van der Waals surface area (Å²) in [6.45, 7) is 0.616. The van der Waals surface area contributed by atoms with Crippen LogP contribution in [0.25, 0.3) is 0 Å². The second kappa shape index (κ2) is 8.78. The van der Waals surface area contributed by atoms with Crippen molar-refractivity contribution in [1.29, 1.82) is 0 Å². The molecule has 3 nitrogen and oxygen atoms in total. The Bertz CT molecular complexity index is 773. The Morgan fingerprint density at radius 1 is 0.920 bits per heavy atom. The fourth-order valence-electron chi connectivity index (χ4n) is 2.91. The number of aryl methyl sites for hydroxylation is 1. The Hall–Kier alpha value is -2.94. The molecule has 0 radical (unpaired) electrons. The lowest BCUT2D eigenvalue weighted by atomic mass is 9.92. The molecule has 0 saturated heterocycles. The number of nitrogens with one attached hydrogen (secondary N) is 1. The number of aromatic nitrogens is 1. The molecule has 1 amide bonds. The van der Waals surface area contributed by atoms with Gasteiger partial charge >= 0.3 is 0 Å². The fourth-order valence-corrected chi connectivity index (χ4v) is 2.91. The molecule has 1 atom stereocenters. The molecule has 0 spiro atoms. The Balaban J connectivity index is 1.65. The number of nitrogens with zero attached hydrogens (tertiary/aromatic N) is 1. The van der Waals surface area contributed by atoms with Crippen molar-refractivity contribution in [3.05, 3.63) is 102 Å². The number of rotatable bonds is 7. The maximum Gasteiger partial charge on any atom is 0.252 e. The highest BCUT2D eigenvalue weighted by atomic mass is 16.1. The molecule has 1 aromatic heterocycles. The van der Waals surface area contributed by atoms with Crippen molar-refractivity contribution in [3.8, 4) is 0 Å². The zero-order valence-corrected chi connectivity index (χ0v) is 14.1. The minimum atomic E-state index is -0.0752. The minimum Gasteiger partial charge on any atom is -0.351 e. The van der Waals surface area contributed by atoms with E-state index in [0.717, 1.165) is 12.8 Å². The second-order valence-electron chi connectivity index (χ2n) is 6.08. The van der Waals surface area contributed by atoms with E-state index in [9.17, 15) is 4.79 Å². The highest BCUT2D eigenvalue weighted by molar-refractivity contribution is 5.93. The summed E-state index contributed by atoms with van der Waals surface area (Å²) in [5.74, 6) is 0.204. The fraction of sp³-hybridized carbons (Fsp3) is 0.182. The van der Waals surface area contributed by atoms with Gasteiger partial charge < -0.3 is 5.32 Å². The first-order valence-electron chi connectivity index (χ1n) is 8.60. The molecular weight excluding hydrogens is 308 g/mol. The van der Waals surface area contributed by atoms with Gasteiger partial charge in [-0.15, -0.1) is 0 Å². The molecule has 3 heteroatoms. The van der Waals surface area contributed by atoms with Crippen LogP contribution >= 0.6 is 0 Å². The predicted octanol–water partition coefficient (Wildman–Crippen LogP) is 4.23. The molecule has 0 saturated carbocycles. The van der Waals surface area contributed by atoms with E-state index in [4.69, 9.17) is 0 Å². The molecule has 0 bridgehead atoms. The first kappa shape index (κ1) is 16.9. The van der Waals surface area contributed by atoms with Crippen LogP contribution in [0.15, 0.2) is 85.2 Å². The molecule has 0 aliphatic carbocycles. The topological polar surface area (TPSA) is 42.0 Å². The van der Waals surface area contributed by atoms with Crippen LogP contribution in [0.1, 0.15) is 33.8 Å². The Kier molecular flexibility index (Phi) is 5.94.